The molecule has 3 aliphatic rings. The van der Waals surface area contributed by atoms with Gasteiger partial charge in [-0.25, -0.2) is 0 Å². The van der Waals surface area contributed by atoms with Gasteiger partial charge in [0, 0.05) is 44.0 Å². The van der Waals surface area contributed by atoms with E-state index in [4.69, 9.17) is 0 Å². The Balaban J connectivity index is 1.58. The van der Waals surface area contributed by atoms with Gasteiger partial charge in [-0.1, -0.05) is 0 Å². The van der Waals surface area contributed by atoms with Gasteiger partial charge < -0.3 is 15.5 Å². The van der Waals surface area contributed by atoms with E-state index in [-0.39, 0.29) is 11.8 Å². The Kier molecular flexibility index (Phi) is 4.04. The minimum Gasteiger partial charge on any atom is -0.352 e. The molecule has 1 saturated carbocycles. The number of carbonyl (C=O) groups excluding carboxylic acids is 2. The molecule has 2 heterocycles. The predicted octanol–water partition coefficient (Wildman–Crippen LogP) is -0.00850. The largest absolute Gasteiger partial charge is 0.352 e. The number of aromatic nitrogens is 2. The number of carbonyl (C=O) groups is 2. The number of rotatable bonds is 3. The molecule has 2 amide bonds. The monoisotopic (exact) mass is 331 g/mol. The van der Waals surface area contributed by atoms with Crippen molar-refractivity contribution in [1.82, 2.24) is 25.3 Å². The van der Waals surface area contributed by atoms with Crippen LogP contribution in [-0.2, 0) is 24.7 Å². The summed E-state index contributed by atoms with van der Waals surface area (Å²) in [6.45, 7) is 1.78. The van der Waals surface area contributed by atoms with Gasteiger partial charge in [0.05, 0.1) is 0 Å². The Morgan fingerprint density at radius 3 is 2.83 bits per heavy atom. The van der Waals surface area contributed by atoms with Gasteiger partial charge in [-0.05, 0) is 38.5 Å². The second-order valence-electron chi connectivity index (χ2n) is 7.11. The molecular weight excluding hydrogens is 306 g/mol. The number of nitrogens with one attached hydrogen (secondary N) is 2. The number of hydrogen-bond acceptors (Lipinski definition) is 4. The maximum atomic E-state index is 13.1. The molecule has 0 aromatic carbocycles. The molecule has 0 bridgehead atoms. The highest BCUT2D eigenvalue weighted by Gasteiger charge is 2.37. The van der Waals surface area contributed by atoms with Crippen molar-refractivity contribution >= 4 is 11.8 Å². The summed E-state index contributed by atoms with van der Waals surface area (Å²) < 4.78 is 1.85. The third-order valence-corrected chi connectivity index (χ3v) is 5.30. The summed E-state index contributed by atoms with van der Waals surface area (Å²) >= 11 is 0. The first-order valence-corrected chi connectivity index (χ1v) is 9.02. The highest BCUT2D eigenvalue weighted by Crippen LogP contribution is 2.26. The first-order chi connectivity index (χ1) is 11.6. The molecule has 2 aliphatic carbocycles. The molecule has 2 N–H and O–H groups in total. The van der Waals surface area contributed by atoms with Crippen LogP contribution in [0.15, 0.2) is 0 Å². The highest BCUT2D eigenvalue weighted by atomic mass is 16.2. The van der Waals surface area contributed by atoms with Gasteiger partial charge in [0.25, 0.3) is 5.91 Å². The first kappa shape index (κ1) is 15.6. The summed E-state index contributed by atoms with van der Waals surface area (Å²) in [5.74, 6) is -0.131. The number of piperazine rings is 1. The fourth-order valence-corrected chi connectivity index (χ4v) is 3.79. The van der Waals surface area contributed by atoms with Crippen LogP contribution in [0.3, 0.4) is 0 Å². The first-order valence-electron chi connectivity index (χ1n) is 9.02. The number of aryl methyl sites for hydroxylation is 1. The lowest BCUT2D eigenvalue weighted by molar-refractivity contribution is -0.126. The second-order valence-corrected chi connectivity index (χ2v) is 7.11. The highest BCUT2D eigenvalue weighted by molar-refractivity contribution is 5.97. The molecule has 1 unspecified atom stereocenters. The summed E-state index contributed by atoms with van der Waals surface area (Å²) in [4.78, 5) is 27.4. The predicted molar refractivity (Wildman–Crippen MR) is 88.7 cm³/mol. The van der Waals surface area contributed by atoms with Gasteiger partial charge in [-0.2, -0.15) is 5.10 Å². The quantitative estimate of drug-likeness (QED) is 0.817. The fraction of sp³-hybridized carbons (Fsp3) is 0.706. The van der Waals surface area contributed by atoms with E-state index in [9.17, 15) is 9.59 Å². The standard InChI is InChI=1S/C17H25N5O2/c1-21-13-5-3-2-4-12(13)15(20-21)17(24)22-9-8-18-10-14(22)16(23)19-11-6-7-11/h11,14,18H,2-10H2,1H3,(H,19,23). The number of amides is 2. The maximum absolute atomic E-state index is 13.1. The van der Waals surface area contributed by atoms with Gasteiger partial charge in [-0.15, -0.1) is 0 Å². The topological polar surface area (TPSA) is 79.3 Å². The number of hydrogen-bond donors (Lipinski definition) is 2. The summed E-state index contributed by atoms with van der Waals surface area (Å²) in [7, 11) is 1.91. The van der Waals surface area contributed by atoms with Crippen LogP contribution in [0.1, 0.15) is 47.4 Å². The van der Waals surface area contributed by atoms with Crippen molar-refractivity contribution in [2.75, 3.05) is 19.6 Å². The number of fused-ring (bicyclic) bond motifs is 1. The Morgan fingerprint density at radius 1 is 1.25 bits per heavy atom. The van der Waals surface area contributed by atoms with Crippen molar-refractivity contribution in [2.24, 2.45) is 7.05 Å². The van der Waals surface area contributed by atoms with Crippen LogP contribution >= 0.6 is 0 Å². The third-order valence-electron chi connectivity index (χ3n) is 5.30. The molecule has 7 heteroatoms. The van der Waals surface area contributed by atoms with Crippen molar-refractivity contribution in [2.45, 2.75) is 50.6 Å². The Morgan fingerprint density at radius 2 is 2.04 bits per heavy atom. The summed E-state index contributed by atoms with van der Waals surface area (Å²) in [5.41, 5.74) is 2.82. The Bertz CT molecular complexity index is 664. The van der Waals surface area contributed by atoms with Crippen LogP contribution in [0, 0.1) is 0 Å². The molecule has 1 saturated heterocycles. The van der Waals surface area contributed by atoms with E-state index < -0.39 is 6.04 Å². The molecular formula is C17H25N5O2. The lowest BCUT2D eigenvalue weighted by Gasteiger charge is -2.35. The number of nitrogens with zero attached hydrogens (tertiary/aromatic N) is 3. The zero-order valence-corrected chi connectivity index (χ0v) is 14.2. The van der Waals surface area contributed by atoms with E-state index in [1.54, 1.807) is 4.90 Å². The van der Waals surface area contributed by atoms with Crippen molar-refractivity contribution < 1.29 is 9.59 Å². The molecule has 1 aliphatic heterocycles. The molecule has 7 nitrogen and oxygen atoms in total. The molecule has 24 heavy (non-hydrogen) atoms. The van der Waals surface area contributed by atoms with Gasteiger partial charge in [0.15, 0.2) is 5.69 Å². The molecule has 0 spiro atoms. The second kappa shape index (κ2) is 6.20. The molecule has 2 fully saturated rings. The van der Waals surface area contributed by atoms with Crippen molar-refractivity contribution in [3.8, 4) is 0 Å². The van der Waals surface area contributed by atoms with Crippen LogP contribution in [0.5, 0.6) is 0 Å². The van der Waals surface area contributed by atoms with E-state index in [2.05, 4.69) is 15.7 Å². The SMILES string of the molecule is Cn1nc(C(=O)N2CCNCC2C(=O)NC2CC2)c2c1CCCC2. The zero-order chi connectivity index (χ0) is 16.7. The van der Waals surface area contributed by atoms with Gasteiger partial charge >= 0.3 is 0 Å². The molecule has 4 rings (SSSR count). The Labute approximate surface area is 141 Å². The minimum atomic E-state index is -0.437. The molecule has 1 aromatic rings. The maximum Gasteiger partial charge on any atom is 0.275 e. The lowest BCUT2D eigenvalue weighted by atomic mass is 9.95. The smallest absolute Gasteiger partial charge is 0.275 e. The lowest BCUT2D eigenvalue weighted by Crippen LogP contribution is -2.60. The van der Waals surface area contributed by atoms with Crippen LogP contribution in [-0.4, -0.2) is 58.2 Å². The molecule has 1 aromatic heterocycles. The molecule has 130 valence electrons. The van der Waals surface area contributed by atoms with Crippen LogP contribution < -0.4 is 10.6 Å². The molecule has 1 atom stereocenters. The van der Waals surface area contributed by atoms with Crippen molar-refractivity contribution in [3.05, 3.63) is 17.0 Å². The molecule has 0 radical (unpaired) electrons. The summed E-state index contributed by atoms with van der Waals surface area (Å²) in [5, 5.41) is 10.8. The van der Waals surface area contributed by atoms with E-state index in [0.29, 0.717) is 31.4 Å². The van der Waals surface area contributed by atoms with Crippen LogP contribution in [0.4, 0.5) is 0 Å². The van der Waals surface area contributed by atoms with Crippen LogP contribution in [0.2, 0.25) is 0 Å². The fourth-order valence-electron chi connectivity index (χ4n) is 3.79. The average molecular weight is 331 g/mol. The third kappa shape index (κ3) is 2.81. The summed E-state index contributed by atoms with van der Waals surface area (Å²) in [6, 6.07) is -0.132. The van der Waals surface area contributed by atoms with Gasteiger partial charge in [0.1, 0.15) is 6.04 Å². The summed E-state index contributed by atoms with van der Waals surface area (Å²) in [6.07, 6.45) is 6.25. The van der Waals surface area contributed by atoms with Crippen molar-refractivity contribution in [1.29, 1.82) is 0 Å². The van der Waals surface area contributed by atoms with E-state index in [1.165, 1.54) is 5.69 Å². The van der Waals surface area contributed by atoms with Gasteiger partial charge in [0.2, 0.25) is 5.91 Å². The van der Waals surface area contributed by atoms with Crippen molar-refractivity contribution in [3.63, 3.8) is 0 Å². The van der Waals surface area contributed by atoms with E-state index >= 15 is 0 Å². The normalized spacial score (nSPS) is 23.7. The zero-order valence-electron chi connectivity index (χ0n) is 14.2. The van der Waals surface area contributed by atoms with Crippen LogP contribution in [0.25, 0.3) is 0 Å². The Hall–Kier alpha value is -1.89. The minimum absolute atomic E-state index is 0.0390. The van der Waals surface area contributed by atoms with E-state index in [1.807, 2.05) is 11.7 Å². The van der Waals surface area contributed by atoms with E-state index in [0.717, 1.165) is 44.1 Å². The van der Waals surface area contributed by atoms with Gasteiger partial charge in [-0.3, -0.25) is 14.3 Å². The average Bonchev–Trinajstić information content (AvgIpc) is 3.36.